The highest BCUT2D eigenvalue weighted by atomic mass is 16.7. The Kier molecular flexibility index (Phi) is 6.98. The molecule has 0 spiro atoms. The van der Waals surface area contributed by atoms with Crippen LogP contribution in [-0.4, -0.2) is 58.8 Å². The summed E-state index contributed by atoms with van der Waals surface area (Å²) in [6.07, 6.45) is 7.44. The van der Waals surface area contributed by atoms with Crippen molar-refractivity contribution >= 4 is 29.4 Å². The summed E-state index contributed by atoms with van der Waals surface area (Å²) in [6, 6.07) is 1.71. The van der Waals surface area contributed by atoms with E-state index in [2.05, 4.69) is 9.98 Å². The van der Waals surface area contributed by atoms with Crippen LogP contribution < -0.4 is 5.73 Å². The van der Waals surface area contributed by atoms with Gasteiger partial charge < -0.3 is 10.6 Å². The SMILES string of the molecule is CCCN(OCC)C(=O)C1=Cc2ncc(C(=O)N3CCCCC3)cc2N=C(N)C1. The standard InChI is InChI=1S/C21H29N5O3/c1-3-8-26(29-4-2)21(28)15-11-17-18(24-19(22)13-15)12-16(14-23-17)20(27)25-9-6-5-7-10-25/h11-12,14H,3-10,13H2,1-2H3,(H2,22,24). The number of amides is 2. The summed E-state index contributed by atoms with van der Waals surface area (Å²) in [7, 11) is 0. The molecular formula is C21H29N5O3. The van der Waals surface area contributed by atoms with E-state index in [1.165, 1.54) is 5.06 Å². The van der Waals surface area contributed by atoms with Crippen molar-refractivity contribution in [3.05, 3.63) is 29.1 Å². The van der Waals surface area contributed by atoms with Crippen LogP contribution >= 0.6 is 0 Å². The Balaban J connectivity index is 1.88. The second-order valence-corrected chi connectivity index (χ2v) is 7.26. The number of carbonyl (C=O) groups is 2. The Morgan fingerprint density at radius 1 is 1.24 bits per heavy atom. The van der Waals surface area contributed by atoms with Crippen LogP contribution in [0.1, 0.15) is 62.0 Å². The quantitative estimate of drug-likeness (QED) is 0.741. The summed E-state index contributed by atoms with van der Waals surface area (Å²) in [5, 5.41) is 1.36. The average Bonchev–Trinajstić information content (AvgIpc) is 2.90. The number of aromatic nitrogens is 1. The number of hydrogen-bond donors (Lipinski definition) is 1. The van der Waals surface area contributed by atoms with Gasteiger partial charge >= 0.3 is 0 Å². The van der Waals surface area contributed by atoms with Gasteiger partial charge in [0.25, 0.3) is 11.8 Å². The van der Waals surface area contributed by atoms with Crippen LogP contribution in [0, 0.1) is 0 Å². The maximum absolute atomic E-state index is 12.9. The molecule has 8 heteroatoms. The molecule has 2 aliphatic rings. The van der Waals surface area contributed by atoms with Gasteiger partial charge in [0, 0.05) is 37.8 Å². The van der Waals surface area contributed by atoms with Crippen LogP contribution in [0.2, 0.25) is 0 Å². The highest BCUT2D eigenvalue weighted by Crippen LogP contribution is 2.27. The van der Waals surface area contributed by atoms with Gasteiger partial charge in [-0.2, -0.15) is 0 Å². The van der Waals surface area contributed by atoms with Gasteiger partial charge in [0.2, 0.25) is 0 Å². The highest BCUT2D eigenvalue weighted by Gasteiger charge is 2.24. The molecule has 2 aliphatic heterocycles. The third-order valence-corrected chi connectivity index (χ3v) is 4.95. The third-order valence-electron chi connectivity index (χ3n) is 4.95. The molecule has 1 aromatic heterocycles. The van der Waals surface area contributed by atoms with E-state index < -0.39 is 0 Å². The predicted octanol–water partition coefficient (Wildman–Crippen LogP) is 2.67. The zero-order chi connectivity index (χ0) is 20.8. The fraction of sp³-hybridized carbons (Fsp3) is 0.524. The van der Waals surface area contributed by atoms with Crippen molar-refractivity contribution in [2.24, 2.45) is 10.7 Å². The van der Waals surface area contributed by atoms with Gasteiger partial charge in [-0.15, -0.1) is 0 Å². The molecule has 29 heavy (non-hydrogen) atoms. The summed E-state index contributed by atoms with van der Waals surface area (Å²) in [6.45, 7) is 6.25. The molecule has 156 valence electrons. The van der Waals surface area contributed by atoms with Crippen molar-refractivity contribution < 1.29 is 14.4 Å². The molecule has 1 fully saturated rings. The first-order valence-electron chi connectivity index (χ1n) is 10.3. The molecule has 0 unspecified atom stereocenters. The van der Waals surface area contributed by atoms with Crippen molar-refractivity contribution in [2.75, 3.05) is 26.2 Å². The monoisotopic (exact) mass is 399 g/mol. The fourth-order valence-corrected chi connectivity index (χ4v) is 3.55. The number of likely N-dealkylation sites (tertiary alicyclic amines) is 1. The van der Waals surface area contributed by atoms with Crippen molar-refractivity contribution in [1.29, 1.82) is 0 Å². The molecule has 0 aromatic carbocycles. The van der Waals surface area contributed by atoms with E-state index in [0.717, 1.165) is 38.8 Å². The van der Waals surface area contributed by atoms with E-state index >= 15 is 0 Å². The number of pyridine rings is 1. The molecule has 0 aliphatic carbocycles. The van der Waals surface area contributed by atoms with Gasteiger partial charge in [-0.25, -0.2) is 10.1 Å². The zero-order valence-electron chi connectivity index (χ0n) is 17.2. The van der Waals surface area contributed by atoms with E-state index in [4.69, 9.17) is 10.6 Å². The minimum Gasteiger partial charge on any atom is -0.387 e. The van der Waals surface area contributed by atoms with E-state index in [0.29, 0.717) is 41.5 Å². The number of fused-ring (bicyclic) bond motifs is 1. The lowest BCUT2D eigenvalue weighted by atomic mass is 10.1. The predicted molar refractivity (Wildman–Crippen MR) is 111 cm³/mol. The number of rotatable bonds is 6. The molecule has 2 N–H and O–H groups in total. The Morgan fingerprint density at radius 2 is 2.00 bits per heavy atom. The van der Waals surface area contributed by atoms with Gasteiger partial charge in [-0.1, -0.05) is 6.92 Å². The molecule has 0 radical (unpaired) electrons. The van der Waals surface area contributed by atoms with Crippen molar-refractivity contribution in [1.82, 2.24) is 14.9 Å². The number of carbonyl (C=O) groups excluding carboxylic acids is 2. The van der Waals surface area contributed by atoms with E-state index in [9.17, 15) is 9.59 Å². The first-order valence-corrected chi connectivity index (χ1v) is 10.3. The normalized spacial score (nSPS) is 16.4. The van der Waals surface area contributed by atoms with Crippen LogP contribution in [0.4, 0.5) is 5.69 Å². The van der Waals surface area contributed by atoms with Crippen molar-refractivity contribution in [3.8, 4) is 0 Å². The lowest BCUT2D eigenvalue weighted by Crippen LogP contribution is -2.35. The first kappa shape index (κ1) is 21.0. The Labute approximate surface area is 171 Å². The first-order chi connectivity index (χ1) is 14.0. The lowest BCUT2D eigenvalue weighted by Gasteiger charge is -2.26. The minimum atomic E-state index is -0.241. The minimum absolute atomic E-state index is 0.0382. The van der Waals surface area contributed by atoms with Gasteiger partial charge in [-0.3, -0.25) is 19.4 Å². The second-order valence-electron chi connectivity index (χ2n) is 7.26. The molecule has 3 rings (SSSR count). The van der Waals surface area contributed by atoms with Crippen molar-refractivity contribution in [2.45, 2.75) is 46.0 Å². The Morgan fingerprint density at radius 3 is 2.69 bits per heavy atom. The Hall–Kier alpha value is -2.74. The molecule has 0 bridgehead atoms. The maximum Gasteiger partial charge on any atom is 0.273 e. The number of hydroxylamine groups is 2. The summed E-state index contributed by atoms with van der Waals surface area (Å²) >= 11 is 0. The molecule has 0 atom stereocenters. The number of piperidine rings is 1. The van der Waals surface area contributed by atoms with Crippen molar-refractivity contribution in [3.63, 3.8) is 0 Å². The molecular weight excluding hydrogens is 370 g/mol. The van der Waals surface area contributed by atoms with Crippen LogP contribution in [0.25, 0.3) is 6.08 Å². The zero-order valence-corrected chi connectivity index (χ0v) is 17.2. The number of hydrogen-bond acceptors (Lipinski definition) is 6. The summed E-state index contributed by atoms with van der Waals surface area (Å²) in [4.78, 5) is 41.8. The van der Waals surface area contributed by atoms with E-state index in [-0.39, 0.29) is 18.2 Å². The van der Waals surface area contributed by atoms with Gasteiger partial charge in [0.05, 0.1) is 23.6 Å². The van der Waals surface area contributed by atoms with Crippen LogP contribution in [0.5, 0.6) is 0 Å². The van der Waals surface area contributed by atoms with Crippen LogP contribution in [0.3, 0.4) is 0 Å². The highest BCUT2D eigenvalue weighted by molar-refractivity contribution is 6.05. The number of nitrogens with zero attached hydrogens (tertiary/aromatic N) is 4. The number of nitrogens with two attached hydrogens (primary N) is 1. The fourth-order valence-electron chi connectivity index (χ4n) is 3.55. The maximum atomic E-state index is 12.9. The average molecular weight is 399 g/mol. The second kappa shape index (κ2) is 9.65. The lowest BCUT2D eigenvalue weighted by molar-refractivity contribution is -0.180. The smallest absolute Gasteiger partial charge is 0.273 e. The van der Waals surface area contributed by atoms with Gasteiger partial charge in [0.1, 0.15) is 5.84 Å². The van der Waals surface area contributed by atoms with Crippen LogP contribution in [-0.2, 0) is 9.63 Å². The topological polar surface area (TPSA) is 101 Å². The number of amidine groups is 1. The van der Waals surface area contributed by atoms with E-state index in [1.54, 1.807) is 18.3 Å². The molecule has 3 heterocycles. The van der Waals surface area contributed by atoms with Gasteiger partial charge in [0.15, 0.2) is 0 Å². The molecule has 8 nitrogen and oxygen atoms in total. The molecule has 2 amide bonds. The summed E-state index contributed by atoms with van der Waals surface area (Å²) in [5.41, 5.74) is 8.06. The van der Waals surface area contributed by atoms with Gasteiger partial charge in [-0.05, 0) is 44.7 Å². The molecule has 1 aromatic rings. The Bertz CT molecular complexity index is 822. The number of aliphatic imine (C=N–C) groups is 1. The molecule has 1 saturated heterocycles. The summed E-state index contributed by atoms with van der Waals surface area (Å²) < 4.78 is 0. The van der Waals surface area contributed by atoms with Crippen LogP contribution in [0.15, 0.2) is 22.8 Å². The van der Waals surface area contributed by atoms with E-state index in [1.807, 2.05) is 18.7 Å². The molecule has 0 saturated carbocycles. The third kappa shape index (κ3) is 5.00. The summed E-state index contributed by atoms with van der Waals surface area (Å²) in [5.74, 6) is 0.0272. The largest absolute Gasteiger partial charge is 0.387 e.